The van der Waals surface area contributed by atoms with Crippen molar-refractivity contribution in [3.05, 3.63) is 42.1 Å². The summed E-state index contributed by atoms with van der Waals surface area (Å²) < 4.78 is 8.01. The molecule has 2 heterocycles. The van der Waals surface area contributed by atoms with Gasteiger partial charge in [-0.25, -0.2) is 4.68 Å². The van der Waals surface area contributed by atoms with Gasteiger partial charge < -0.3 is 9.84 Å². The Bertz CT molecular complexity index is 633. The van der Waals surface area contributed by atoms with Gasteiger partial charge in [0.05, 0.1) is 6.61 Å². The second-order valence-electron chi connectivity index (χ2n) is 6.42. The SMILES string of the molecule is C[Si](C)(c1ccccc1CO)c1ccnn1[C@H]1CCCCO1. The lowest BCUT2D eigenvalue weighted by Gasteiger charge is -2.31. The number of aliphatic hydroxyl groups is 1. The zero-order valence-electron chi connectivity index (χ0n) is 13.3. The Morgan fingerprint density at radius 3 is 2.82 bits per heavy atom. The number of aliphatic hydroxyl groups excluding tert-OH is 1. The Morgan fingerprint density at radius 2 is 2.09 bits per heavy atom. The molecule has 22 heavy (non-hydrogen) atoms. The molecule has 0 unspecified atom stereocenters. The van der Waals surface area contributed by atoms with Crippen LogP contribution in [0, 0.1) is 0 Å². The topological polar surface area (TPSA) is 47.3 Å². The molecule has 0 amide bonds. The molecule has 1 N–H and O–H groups in total. The highest BCUT2D eigenvalue weighted by Gasteiger charge is 2.33. The average molecular weight is 316 g/mol. The second-order valence-corrected chi connectivity index (χ2v) is 10.7. The highest BCUT2D eigenvalue weighted by molar-refractivity contribution is 7.00. The van der Waals surface area contributed by atoms with Gasteiger partial charge in [-0.15, -0.1) is 0 Å². The zero-order valence-corrected chi connectivity index (χ0v) is 14.3. The summed E-state index contributed by atoms with van der Waals surface area (Å²) in [7, 11) is -1.94. The zero-order chi connectivity index (χ0) is 15.6. The van der Waals surface area contributed by atoms with Crippen molar-refractivity contribution in [2.24, 2.45) is 0 Å². The summed E-state index contributed by atoms with van der Waals surface area (Å²) in [5.74, 6) is 0. The minimum Gasteiger partial charge on any atom is -0.392 e. The molecule has 4 nitrogen and oxygen atoms in total. The number of benzene rings is 1. The Kier molecular flexibility index (Phi) is 4.47. The van der Waals surface area contributed by atoms with Crippen molar-refractivity contribution in [3.63, 3.8) is 0 Å². The standard InChI is InChI=1S/C17H24N2O2Si/c1-22(2,15-8-4-3-7-14(15)13-20)17-10-11-18-19(17)16-9-5-6-12-21-16/h3-4,7-8,10-11,16,20H,5-6,9,12-13H2,1-2H3/t16-/m1/s1. The maximum Gasteiger partial charge on any atom is 0.149 e. The highest BCUT2D eigenvalue weighted by Crippen LogP contribution is 2.22. The molecule has 1 aromatic carbocycles. The van der Waals surface area contributed by atoms with Crippen LogP contribution in [-0.2, 0) is 11.3 Å². The predicted octanol–water partition coefficient (Wildman–Crippen LogP) is 1.90. The molecule has 1 saturated heterocycles. The molecule has 0 bridgehead atoms. The Balaban J connectivity index is 2.00. The van der Waals surface area contributed by atoms with Gasteiger partial charge >= 0.3 is 0 Å². The van der Waals surface area contributed by atoms with Crippen LogP contribution in [0.4, 0.5) is 0 Å². The molecule has 0 saturated carbocycles. The third kappa shape index (κ3) is 2.76. The number of hydrogen-bond donors (Lipinski definition) is 1. The van der Waals surface area contributed by atoms with Crippen molar-refractivity contribution in [2.75, 3.05) is 6.61 Å². The molecule has 2 aromatic rings. The van der Waals surface area contributed by atoms with E-state index < -0.39 is 8.07 Å². The molecular formula is C17H24N2O2Si. The summed E-state index contributed by atoms with van der Waals surface area (Å²) in [4.78, 5) is 0. The molecule has 1 atom stereocenters. The maximum atomic E-state index is 9.67. The smallest absolute Gasteiger partial charge is 0.149 e. The number of aromatic nitrogens is 2. The monoisotopic (exact) mass is 316 g/mol. The van der Waals surface area contributed by atoms with Crippen molar-refractivity contribution in [2.45, 2.75) is 45.2 Å². The van der Waals surface area contributed by atoms with Crippen LogP contribution in [0.25, 0.3) is 0 Å². The van der Waals surface area contributed by atoms with E-state index in [1.807, 2.05) is 18.3 Å². The van der Waals surface area contributed by atoms with Crippen molar-refractivity contribution < 1.29 is 9.84 Å². The molecule has 1 fully saturated rings. The lowest BCUT2D eigenvalue weighted by atomic mass is 10.2. The summed E-state index contributed by atoms with van der Waals surface area (Å²) in [5.41, 5.74) is 1.02. The van der Waals surface area contributed by atoms with Gasteiger partial charge in [0.25, 0.3) is 0 Å². The van der Waals surface area contributed by atoms with E-state index in [-0.39, 0.29) is 12.8 Å². The summed E-state index contributed by atoms with van der Waals surface area (Å²) in [5, 5.41) is 16.8. The van der Waals surface area contributed by atoms with Crippen LogP contribution in [0.15, 0.2) is 36.5 Å². The first-order chi connectivity index (χ1) is 10.6. The molecule has 0 radical (unpaired) electrons. The molecular weight excluding hydrogens is 292 g/mol. The number of ether oxygens (including phenoxy) is 1. The second kappa shape index (κ2) is 6.36. The normalized spacial score (nSPS) is 19.3. The first kappa shape index (κ1) is 15.5. The minimum atomic E-state index is -1.94. The Labute approximate surface area is 132 Å². The molecule has 0 aliphatic carbocycles. The number of hydrogen-bond acceptors (Lipinski definition) is 3. The lowest BCUT2D eigenvalue weighted by Crippen LogP contribution is -2.57. The van der Waals surface area contributed by atoms with Gasteiger partial charge in [-0.3, -0.25) is 0 Å². The van der Waals surface area contributed by atoms with Gasteiger partial charge in [0, 0.05) is 18.1 Å². The van der Waals surface area contributed by atoms with E-state index in [0.717, 1.165) is 25.0 Å². The largest absolute Gasteiger partial charge is 0.392 e. The fourth-order valence-corrected chi connectivity index (χ4v) is 6.38. The van der Waals surface area contributed by atoms with Crippen LogP contribution in [-0.4, -0.2) is 29.6 Å². The van der Waals surface area contributed by atoms with Crippen LogP contribution in [0.3, 0.4) is 0 Å². The van der Waals surface area contributed by atoms with E-state index in [1.54, 1.807) is 0 Å². The minimum absolute atomic E-state index is 0.0619. The van der Waals surface area contributed by atoms with Crippen LogP contribution in [0.1, 0.15) is 31.1 Å². The van der Waals surface area contributed by atoms with E-state index in [1.165, 1.54) is 16.9 Å². The molecule has 1 aliphatic heterocycles. The Morgan fingerprint density at radius 1 is 1.27 bits per heavy atom. The van der Waals surface area contributed by atoms with Crippen LogP contribution < -0.4 is 10.5 Å². The highest BCUT2D eigenvalue weighted by atomic mass is 28.3. The first-order valence-electron chi connectivity index (χ1n) is 7.99. The van der Waals surface area contributed by atoms with Crippen LogP contribution in [0.2, 0.25) is 13.1 Å². The fraction of sp³-hybridized carbons (Fsp3) is 0.471. The van der Waals surface area contributed by atoms with E-state index in [2.05, 4.69) is 41.1 Å². The van der Waals surface area contributed by atoms with Crippen molar-refractivity contribution in [1.29, 1.82) is 0 Å². The van der Waals surface area contributed by atoms with Gasteiger partial charge in [-0.2, -0.15) is 5.10 Å². The summed E-state index contributed by atoms with van der Waals surface area (Å²) in [6, 6.07) is 10.3. The van der Waals surface area contributed by atoms with Crippen molar-refractivity contribution in [3.8, 4) is 0 Å². The van der Waals surface area contributed by atoms with Crippen molar-refractivity contribution in [1.82, 2.24) is 9.78 Å². The molecule has 1 aromatic heterocycles. The van der Waals surface area contributed by atoms with E-state index in [4.69, 9.17) is 4.74 Å². The van der Waals surface area contributed by atoms with Gasteiger partial charge in [-0.05, 0) is 36.1 Å². The van der Waals surface area contributed by atoms with E-state index >= 15 is 0 Å². The predicted molar refractivity (Wildman–Crippen MR) is 90.2 cm³/mol. The third-order valence-electron chi connectivity index (χ3n) is 4.60. The van der Waals surface area contributed by atoms with Gasteiger partial charge in [0.15, 0.2) is 0 Å². The molecule has 5 heteroatoms. The van der Waals surface area contributed by atoms with Gasteiger partial charge in [0.2, 0.25) is 0 Å². The summed E-state index contributed by atoms with van der Waals surface area (Å²) in [6.45, 7) is 5.54. The van der Waals surface area contributed by atoms with Gasteiger partial charge in [0.1, 0.15) is 14.3 Å². The molecule has 0 spiro atoms. The van der Waals surface area contributed by atoms with E-state index in [0.29, 0.717) is 0 Å². The number of rotatable bonds is 4. The Hall–Kier alpha value is -1.43. The fourth-order valence-electron chi connectivity index (χ4n) is 3.36. The third-order valence-corrected chi connectivity index (χ3v) is 8.11. The number of nitrogens with zero attached hydrogens (tertiary/aromatic N) is 2. The van der Waals surface area contributed by atoms with Crippen molar-refractivity contribution >= 4 is 18.6 Å². The average Bonchev–Trinajstić information content (AvgIpc) is 3.06. The molecule has 1 aliphatic rings. The van der Waals surface area contributed by atoms with Crippen LogP contribution >= 0.6 is 0 Å². The summed E-state index contributed by atoms with van der Waals surface area (Å²) >= 11 is 0. The quantitative estimate of drug-likeness (QED) is 0.877. The van der Waals surface area contributed by atoms with Gasteiger partial charge in [-0.1, -0.05) is 37.4 Å². The molecule has 3 rings (SSSR count). The molecule has 118 valence electrons. The van der Waals surface area contributed by atoms with E-state index in [9.17, 15) is 5.11 Å². The van der Waals surface area contributed by atoms with Crippen LogP contribution in [0.5, 0.6) is 0 Å². The first-order valence-corrected chi connectivity index (χ1v) is 11.0. The summed E-state index contributed by atoms with van der Waals surface area (Å²) in [6.07, 6.45) is 5.30. The maximum absolute atomic E-state index is 9.67. The lowest BCUT2D eigenvalue weighted by molar-refractivity contribution is -0.0376.